The second-order valence-electron chi connectivity index (χ2n) is 2.32. The topological polar surface area (TPSA) is 42.4 Å². The van der Waals surface area contributed by atoms with Gasteiger partial charge in [0.05, 0.1) is 18.4 Å². The van der Waals surface area contributed by atoms with Crippen LogP contribution in [-0.4, -0.2) is 22.3 Å². The smallest absolute Gasteiger partial charge is 0.192 e. The van der Waals surface area contributed by atoms with Gasteiger partial charge in [-0.05, 0) is 25.2 Å². The Bertz CT molecular complexity index is 312. The number of ether oxygens (including phenoxy) is 1. The van der Waals surface area contributed by atoms with Crippen LogP contribution in [-0.2, 0) is 4.74 Å². The molecule has 1 rings (SSSR count). The Labute approximate surface area is 76.0 Å². The molecule has 3 nitrogen and oxygen atoms in total. The molecule has 0 unspecified atom stereocenters. The zero-order chi connectivity index (χ0) is 9.14. The Hall–Kier alpha value is -1.16. The summed E-state index contributed by atoms with van der Waals surface area (Å²) in [6, 6.07) is 1.54. The maximum absolute atomic E-state index is 9.27. The highest BCUT2D eigenvalue weighted by atomic mass is 32.1. The van der Waals surface area contributed by atoms with Gasteiger partial charge < -0.3 is 9.84 Å². The SMILES string of the molecule is COC(=S)c1cnc(C)c(O)c1. The first-order valence-electron chi connectivity index (χ1n) is 3.39. The molecule has 64 valence electrons. The van der Waals surface area contributed by atoms with Crippen molar-refractivity contribution in [3.05, 3.63) is 23.5 Å². The van der Waals surface area contributed by atoms with E-state index in [2.05, 4.69) is 4.98 Å². The van der Waals surface area contributed by atoms with Crippen LogP contribution in [0.3, 0.4) is 0 Å². The minimum Gasteiger partial charge on any atom is -0.506 e. The average molecular weight is 183 g/mol. The number of aromatic nitrogens is 1. The van der Waals surface area contributed by atoms with Crippen LogP contribution in [0.4, 0.5) is 0 Å². The summed E-state index contributed by atoms with van der Waals surface area (Å²) in [6.07, 6.45) is 1.57. The van der Waals surface area contributed by atoms with Crippen LogP contribution in [0.1, 0.15) is 11.3 Å². The molecule has 1 heterocycles. The quantitative estimate of drug-likeness (QED) is 0.668. The number of pyridine rings is 1. The summed E-state index contributed by atoms with van der Waals surface area (Å²) >= 11 is 4.85. The molecule has 0 aliphatic carbocycles. The molecular weight excluding hydrogens is 174 g/mol. The number of nitrogens with zero attached hydrogens (tertiary/aromatic N) is 1. The molecule has 0 spiro atoms. The highest BCUT2D eigenvalue weighted by Gasteiger charge is 2.03. The fraction of sp³-hybridized carbons (Fsp3) is 0.250. The summed E-state index contributed by atoms with van der Waals surface area (Å²) in [7, 11) is 1.49. The number of hydrogen-bond donors (Lipinski definition) is 1. The van der Waals surface area contributed by atoms with Crippen molar-refractivity contribution in [1.29, 1.82) is 0 Å². The van der Waals surface area contributed by atoms with Gasteiger partial charge in [-0.2, -0.15) is 0 Å². The first-order valence-corrected chi connectivity index (χ1v) is 3.80. The summed E-state index contributed by atoms with van der Waals surface area (Å²) in [5.41, 5.74) is 1.20. The Morgan fingerprint density at radius 2 is 2.33 bits per heavy atom. The van der Waals surface area contributed by atoms with Gasteiger partial charge in [-0.25, -0.2) is 0 Å². The lowest BCUT2D eigenvalue weighted by atomic mass is 10.2. The van der Waals surface area contributed by atoms with Gasteiger partial charge in [0.2, 0.25) is 0 Å². The predicted octanol–water partition coefficient (Wildman–Crippen LogP) is 1.42. The maximum Gasteiger partial charge on any atom is 0.192 e. The van der Waals surface area contributed by atoms with Crippen LogP contribution in [0.15, 0.2) is 12.3 Å². The van der Waals surface area contributed by atoms with E-state index in [4.69, 9.17) is 17.0 Å². The highest BCUT2D eigenvalue weighted by molar-refractivity contribution is 7.80. The van der Waals surface area contributed by atoms with Gasteiger partial charge in [-0.15, -0.1) is 0 Å². The van der Waals surface area contributed by atoms with Gasteiger partial charge in [0.25, 0.3) is 0 Å². The fourth-order valence-corrected chi connectivity index (χ4v) is 0.863. The molecule has 0 fully saturated rings. The van der Waals surface area contributed by atoms with Crippen LogP contribution in [0.25, 0.3) is 0 Å². The molecule has 1 N–H and O–H groups in total. The third-order valence-electron chi connectivity index (χ3n) is 1.48. The highest BCUT2D eigenvalue weighted by Crippen LogP contribution is 2.15. The first-order chi connectivity index (χ1) is 5.65. The minimum atomic E-state index is 0.131. The fourth-order valence-electron chi connectivity index (χ4n) is 0.751. The van der Waals surface area contributed by atoms with Gasteiger partial charge in [-0.1, -0.05) is 0 Å². The van der Waals surface area contributed by atoms with E-state index in [0.717, 1.165) is 0 Å². The van der Waals surface area contributed by atoms with E-state index < -0.39 is 0 Å². The van der Waals surface area contributed by atoms with E-state index in [1.165, 1.54) is 13.2 Å². The minimum absolute atomic E-state index is 0.131. The lowest BCUT2D eigenvalue weighted by Gasteiger charge is -2.03. The van der Waals surface area contributed by atoms with Crippen LogP contribution >= 0.6 is 12.2 Å². The summed E-state index contributed by atoms with van der Waals surface area (Å²) in [5.74, 6) is 0.131. The van der Waals surface area contributed by atoms with E-state index in [-0.39, 0.29) is 5.75 Å². The van der Waals surface area contributed by atoms with Crippen molar-refractivity contribution in [1.82, 2.24) is 4.98 Å². The second kappa shape index (κ2) is 3.49. The summed E-state index contributed by atoms with van der Waals surface area (Å²) in [4.78, 5) is 3.93. The van der Waals surface area contributed by atoms with Crippen molar-refractivity contribution in [2.75, 3.05) is 7.11 Å². The van der Waals surface area contributed by atoms with Gasteiger partial charge >= 0.3 is 0 Å². The maximum atomic E-state index is 9.27. The molecular formula is C8H9NO2S. The molecule has 1 aromatic rings. The van der Waals surface area contributed by atoms with Crippen LogP contribution in [0, 0.1) is 6.92 Å². The molecule has 0 saturated heterocycles. The normalized spacial score (nSPS) is 9.50. The monoisotopic (exact) mass is 183 g/mol. The molecule has 0 amide bonds. The molecule has 4 heteroatoms. The van der Waals surface area contributed by atoms with Gasteiger partial charge in [0.15, 0.2) is 5.05 Å². The molecule has 0 aliphatic rings. The number of rotatable bonds is 1. The number of aryl methyl sites for hydroxylation is 1. The van der Waals surface area contributed by atoms with Crippen LogP contribution < -0.4 is 0 Å². The van der Waals surface area contributed by atoms with Crippen molar-refractivity contribution < 1.29 is 9.84 Å². The summed E-state index contributed by atoms with van der Waals surface area (Å²) in [5, 5.41) is 9.60. The Morgan fingerprint density at radius 3 is 2.83 bits per heavy atom. The van der Waals surface area contributed by atoms with Gasteiger partial charge in [0.1, 0.15) is 5.75 Å². The Morgan fingerprint density at radius 1 is 1.67 bits per heavy atom. The molecule has 0 aliphatic heterocycles. The predicted molar refractivity (Wildman–Crippen MR) is 49.3 cm³/mol. The van der Waals surface area contributed by atoms with E-state index in [0.29, 0.717) is 16.3 Å². The van der Waals surface area contributed by atoms with Gasteiger partial charge in [-0.3, -0.25) is 4.98 Å². The first kappa shape index (κ1) is 8.93. The zero-order valence-electron chi connectivity index (χ0n) is 6.87. The molecule has 0 atom stereocenters. The lowest BCUT2D eigenvalue weighted by Crippen LogP contribution is -2.00. The number of hydrogen-bond acceptors (Lipinski definition) is 4. The zero-order valence-corrected chi connectivity index (χ0v) is 7.68. The van der Waals surface area contributed by atoms with E-state index >= 15 is 0 Å². The summed E-state index contributed by atoms with van der Waals surface area (Å²) in [6.45, 7) is 1.72. The number of thiocarbonyl (C=S) groups is 1. The summed E-state index contributed by atoms with van der Waals surface area (Å²) < 4.78 is 4.81. The van der Waals surface area contributed by atoms with E-state index in [1.54, 1.807) is 13.1 Å². The average Bonchev–Trinajstić information content (AvgIpc) is 2.08. The lowest BCUT2D eigenvalue weighted by molar-refractivity contribution is 0.415. The Balaban J connectivity index is 3.05. The molecule has 12 heavy (non-hydrogen) atoms. The molecule has 0 aromatic carbocycles. The van der Waals surface area contributed by atoms with Crippen molar-refractivity contribution in [3.63, 3.8) is 0 Å². The third-order valence-corrected chi connectivity index (χ3v) is 1.88. The molecule has 0 radical (unpaired) electrons. The van der Waals surface area contributed by atoms with Crippen molar-refractivity contribution in [2.24, 2.45) is 0 Å². The Kier molecular flexibility index (Phi) is 2.60. The molecule has 0 saturated carbocycles. The number of methoxy groups -OCH3 is 1. The van der Waals surface area contributed by atoms with E-state index in [9.17, 15) is 5.11 Å². The largest absolute Gasteiger partial charge is 0.506 e. The van der Waals surface area contributed by atoms with Crippen molar-refractivity contribution in [2.45, 2.75) is 6.92 Å². The van der Waals surface area contributed by atoms with Crippen molar-refractivity contribution in [3.8, 4) is 5.75 Å². The third kappa shape index (κ3) is 1.71. The van der Waals surface area contributed by atoms with Gasteiger partial charge in [0, 0.05) is 6.20 Å². The number of aromatic hydroxyl groups is 1. The second-order valence-corrected chi connectivity index (χ2v) is 2.69. The van der Waals surface area contributed by atoms with Crippen LogP contribution in [0.2, 0.25) is 0 Å². The van der Waals surface area contributed by atoms with Crippen molar-refractivity contribution >= 4 is 17.3 Å². The van der Waals surface area contributed by atoms with Crippen LogP contribution in [0.5, 0.6) is 5.75 Å². The standard InChI is InChI=1S/C8H9NO2S/c1-5-7(10)3-6(4-9-5)8(12)11-2/h3-4,10H,1-2H3. The molecule has 0 bridgehead atoms. The molecule has 1 aromatic heterocycles. The van der Waals surface area contributed by atoms with E-state index in [1.807, 2.05) is 0 Å².